The van der Waals surface area contributed by atoms with E-state index in [9.17, 15) is 22.8 Å². The van der Waals surface area contributed by atoms with E-state index in [1.165, 1.54) is 19.1 Å². The number of hydrogen-bond acceptors (Lipinski definition) is 4. The molecule has 2 unspecified atom stereocenters. The molecule has 0 radical (unpaired) electrons. The van der Waals surface area contributed by atoms with Crippen molar-refractivity contribution in [3.05, 3.63) is 62.6 Å². The van der Waals surface area contributed by atoms with Crippen molar-refractivity contribution in [2.24, 2.45) is 5.14 Å². The lowest BCUT2D eigenvalue weighted by Crippen LogP contribution is -2.32. The first-order valence-corrected chi connectivity index (χ1v) is 12.7. The van der Waals surface area contributed by atoms with Crippen molar-refractivity contribution in [3.63, 3.8) is 0 Å². The molecule has 1 aliphatic heterocycles. The second kappa shape index (κ2) is 7.94. The minimum absolute atomic E-state index is 0.0191. The van der Waals surface area contributed by atoms with Gasteiger partial charge in [-0.1, -0.05) is 35.3 Å². The fourth-order valence-corrected chi connectivity index (χ4v) is 5.99. The van der Waals surface area contributed by atoms with Crippen LogP contribution in [-0.4, -0.2) is 36.7 Å². The van der Waals surface area contributed by atoms with E-state index in [0.717, 1.165) is 11.1 Å². The predicted molar refractivity (Wildman–Crippen MR) is 113 cm³/mol. The van der Waals surface area contributed by atoms with Crippen LogP contribution in [0, 0.1) is 0 Å². The van der Waals surface area contributed by atoms with Gasteiger partial charge in [-0.2, -0.15) is 0 Å². The Balaban J connectivity index is 2.35. The van der Waals surface area contributed by atoms with Gasteiger partial charge in [0.15, 0.2) is 0 Å². The van der Waals surface area contributed by atoms with Crippen molar-refractivity contribution in [2.45, 2.75) is 29.9 Å². The lowest BCUT2D eigenvalue weighted by atomic mass is 9.82. The highest BCUT2D eigenvalue weighted by Crippen LogP contribution is 2.55. The Morgan fingerprint density at radius 2 is 1.90 bits per heavy atom. The Hall–Kier alpha value is -0.960. The molecule has 158 valence electrons. The van der Waals surface area contributed by atoms with Gasteiger partial charge in [-0.15, -0.1) is 0 Å². The summed E-state index contributed by atoms with van der Waals surface area (Å²) in [5.74, 6) is -0.398. The summed E-state index contributed by atoms with van der Waals surface area (Å²) in [6.45, 7) is 2.35. The van der Waals surface area contributed by atoms with E-state index < -0.39 is 29.2 Å². The molecule has 0 fully saturated rings. The van der Waals surface area contributed by atoms with Crippen LogP contribution in [0.25, 0.3) is 0 Å². The summed E-state index contributed by atoms with van der Waals surface area (Å²) in [6.07, 6.45) is 0. The molecule has 1 aliphatic rings. The van der Waals surface area contributed by atoms with Gasteiger partial charge in [-0.3, -0.25) is 4.57 Å². The molecule has 0 saturated carbocycles. The number of fused-ring (bicyclic) bond motifs is 1. The van der Waals surface area contributed by atoms with Gasteiger partial charge in [0.2, 0.25) is 10.0 Å². The lowest BCUT2D eigenvalue weighted by molar-refractivity contribution is 0.294. The third-order valence-electron chi connectivity index (χ3n) is 5.20. The molecule has 3 rings (SSSR count). The summed E-state index contributed by atoms with van der Waals surface area (Å²) in [6, 6.07) is 7.84. The molecule has 2 aromatic rings. The van der Waals surface area contributed by atoms with Gasteiger partial charge in [-0.05, 0) is 54.4 Å². The highest BCUT2D eigenvalue weighted by Gasteiger charge is 2.36. The quantitative estimate of drug-likeness (QED) is 0.578. The number of likely N-dealkylation sites (N-methyl/N-ethyl adjacent to an activating group) is 1. The van der Waals surface area contributed by atoms with Crippen LogP contribution in [0.4, 0.5) is 0 Å². The van der Waals surface area contributed by atoms with Crippen LogP contribution in [0.3, 0.4) is 0 Å². The molecule has 0 aliphatic carbocycles. The molecule has 2 atom stereocenters. The normalized spacial score (nSPS) is 19.1. The Bertz CT molecular complexity index is 1120. The summed E-state index contributed by atoms with van der Waals surface area (Å²) in [5.41, 5.74) is 0.762. The van der Waals surface area contributed by atoms with Crippen LogP contribution in [-0.2, 0) is 21.1 Å². The topological polar surface area (TPSA) is 121 Å². The van der Waals surface area contributed by atoms with E-state index in [4.69, 9.17) is 28.3 Å². The third-order valence-corrected chi connectivity index (χ3v) is 7.99. The summed E-state index contributed by atoms with van der Waals surface area (Å²) < 4.78 is 36.5. The van der Waals surface area contributed by atoms with Crippen molar-refractivity contribution in [3.8, 4) is 0 Å². The van der Waals surface area contributed by atoms with Crippen LogP contribution in [0.15, 0.2) is 35.2 Å². The van der Waals surface area contributed by atoms with Crippen molar-refractivity contribution in [1.29, 1.82) is 0 Å². The number of rotatable bonds is 4. The zero-order valence-corrected chi connectivity index (χ0v) is 18.9. The van der Waals surface area contributed by atoms with E-state index in [0.29, 0.717) is 28.7 Å². The fraction of sp³-hybridized carbons (Fsp3) is 0.333. The average Bonchev–Trinajstić information content (AvgIpc) is 2.59. The van der Waals surface area contributed by atoms with Gasteiger partial charge >= 0.3 is 7.60 Å². The molecule has 2 aromatic carbocycles. The summed E-state index contributed by atoms with van der Waals surface area (Å²) in [4.78, 5) is 21.3. The number of halogens is 2. The number of nitrogens with two attached hydrogens (primary N) is 1. The number of sulfonamides is 1. The molecule has 1 heterocycles. The number of hydrogen-bond donors (Lipinski definition) is 3. The molecule has 7 nitrogen and oxygen atoms in total. The lowest BCUT2D eigenvalue weighted by Gasteiger charge is -2.35. The van der Waals surface area contributed by atoms with Crippen molar-refractivity contribution in [2.75, 3.05) is 13.6 Å². The maximum absolute atomic E-state index is 12.2. The first-order valence-electron chi connectivity index (χ1n) is 8.68. The van der Waals surface area contributed by atoms with Crippen LogP contribution in [0.5, 0.6) is 0 Å². The molecule has 29 heavy (non-hydrogen) atoms. The van der Waals surface area contributed by atoms with Crippen LogP contribution < -0.4 is 5.14 Å². The fourth-order valence-electron chi connectivity index (χ4n) is 3.84. The number of nitrogens with zero attached hydrogens (tertiary/aromatic N) is 1. The molecular weight excluding hydrogens is 458 g/mol. The number of primary sulfonamides is 1. The van der Waals surface area contributed by atoms with Gasteiger partial charge in [0.25, 0.3) is 0 Å². The molecule has 11 heteroatoms. The standard InChI is InChI=1S/C18H21Cl2N2O5PS/c1-10(28(23,24)25)18-12(4-3-5-17(18)29(21,26)27)14-8-22(2)9-15-13(14)6-11(19)7-16(15)20/h3-7,10,14H,8-9H2,1-2H3,(H2,21,26,27)(H2,23,24,25). The maximum atomic E-state index is 12.2. The van der Waals surface area contributed by atoms with E-state index in [1.54, 1.807) is 18.2 Å². The molecule has 0 aromatic heterocycles. The van der Waals surface area contributed by atoms with Crippen LogP contribution in [0.1, 0.15) is 40.8 Å². The predicted octanol–water partition coefficient (Wildman–Crippen LogP) is 3.46. The summed E-state index contributed by atoms with van der Waals surface area (Å²) in [5, 5.41) is 6.28. The Labute approximate surface area is 179 Å². The second-order valence-corrected chi connectivity index (χ2v) is 11.6. The van der Waals surface area contributed by atoms with Gasteiger partial charge in [0, 0.05) is 29.1 Å². The van der Waals surface area contributed by atoms with Gasteiger partial charge in [0.05, 0.1) is 10.6 Å². The van der Waals surface area contributed by atoms with E-state index >= 15 is 0 Å². The van der Waals surface area contributed by atoms with E-state index in [-0.39, 0.29) is 10.5 Å². The average molecular weight is 479 g/mol. The molecule has 4 N–H and O–H groups in total. The molecule has 0 bridgehead atoms. The minimum Gasteiger partial charge on any atom is -0.324 e. The highest BCUT2D eigenvalue weighted by molar-refractivity contribution is 7.89. The zero-order valence-electron chi connectivity index (χ0n) is 15.7. The number of benzene rings is 2. The Morgan fingerprint density at radius 1 is 1.24 bits per heavy atom. The van der Waals surface area contributed by atoms with Crippen LogP contribution in [0.2, 0.25) is 10.0 Å². The van der Waals surface area contributed by atoms with Gasteiger partial charge in [-0.25, -0.2) is 13.6 Å². The second-order valence-electron chi connectivity index (χ2n) is 7.27. The van der Waals surface area contributed by atoms with Crippen molar-refractivity contribution in [1.82, 2.24) is 4.90 Å². The summed E-state index contributed by atoms with van der Waals surface area (Å²) >= 11 is 12.6. The Kier molecular flexibility index (Phi) is 6.22. The zero-order chi connectivity index (χ0) is 21.7. The SMILES string of the molecule is CC(c1c(C2CN(C)Cc3c(Cl)cc(Cl)cc32)cccc1S(N)(=O)=O)P(=O)(O)O. The van der Waals surface area contributed by atoms with Crippen molar-refractivity contribution < 1.29 is 22.8 Å². The summed E-state index contributed by atoms with van der Waals surface area (Å²) in [7, 11) is -6.99. The van der Waals surface area contributed by atoms with E-state index in [1.807, 2.05) is 11.9 Å². The first kappa shape index (κ1) is 22.7. The minimum atomic E-state index is -4.66. The molecule has 0 saturated heterocycles. The van der Waals surface area contributed by atoms with Crippen molar-refractivity contribution >= 4 is 40.8 Å². The molecule has 0 amide bonds. The monoisotopic (exact) mass is 478 g/mol. The largest absolute Gasteiger partial charge is 0.332 e. The molecule has 0 spiro atoms. The first-order chi connectivity index (χ1) is 13.3. The maximum Gasteiger partial charge on any atom is 0.332 e. The smallest absolute Gasteiger partial charge is 0.324 e. The highest BCUT2D eigenvalue weighted by atomic mass is 35.5. The Morgan fingerprint density at radius 3 is 2.48 bits per heavy atom. The molecular formula is C18H21Cl2N2O5PS. The van der Waals surface area contributed by atoms with E-state index in [2.05, 4.69) is 0 Å². The van der Waals surface area contributed by atoms with Gasteiger partial charge in [0.1, 0.15) is 0 Å². The van der Waals surface area contributed by atoms with Crippen LogP contribution >= 0.6 is 30.8 Å². The third kappa shape index (κ3) is 4.55. The van der Waals surface area contributed by atoms with Gasteiger partial charge < -0.3 is 14.7 Å².